The number of hydrogen-bond donors (Lipinski definition) is 1. The maximum atomic E-state index is 9.84. The van der Waals surface area contributed by atoms with E-state index in [9.17, 15) is 5.11 Å². The summed E-state index contributed by atoms with van der Waals surface area (Å²) in [6.07, 6.45) is 4.95. The average molecular weight is 273 g/mol. The van der Waals surface area contributed by atoms with Gasteiger partial charge in [-0.25, -0.2) is 0 Å². The molecular weight excluding hydrogens is 246 g/mol. The van der Waals surface area contributed by atoms with E-state index in [1.165, 1.54) is 43.5 Å². The highest BCUT2D eigenvalue weighted by Crippen LogP contribution is 2.49. The zero-order valence-corrected chi connectivity index (χ0v) is 13.0. The summed E-state index contributed by atoms with van der Waals surface area (Å²) in [6.45, 7) is 9.54. The molecule has 1 N–H and O–H groups in total. The molecular formula is C18H27NO. The van der Waals surface area contributed by atoms with Crippen molar-refractivity contribution in [2.75, 3.05) is 13.1 Å². The van der Waals surface area contributed by atoms with Gasteiger partial charge in [0.15, 0.2) is 0 Å². The summed E-state index contributed by atoms with van der Waals surface area (Å²) in [5, 5.41) is 9.84. The number of fused-ring (bicyclic) bond motifs is 4. The van der Waals surface area contributed by atoms with Crippen LogP contribution in [0.1, 0.15) is 51.2 Å². The van der Waals surface area contributed by atoms with Crippen LogP contribution in [0.5, 0.6) is 5.75 Å². The van der Waals surface area contributed by atoms with Crippen molar-refractivity contribution in [3.63, 3.8) is 0 Å². The maximum absolute atomic E-state index is 9.84. The third-order valence-electron chi connectivity index (χ3n) is 5.91. The number of rotatable bonds is 3. The Bertz CT molecular complexity index is 498. The summed E-state index contributed by atoms with van der Waals surface area (Å²) in [4.78, 5) is 2.71. The van der Waals surface area contributed by atoms with Gasteiger partial charge in [-0.3, -0.25) is 4.90 Å². The Balaban J connectivity index is 1.95. The quantitative estimate of drug-likeness (QED) is 0.907. The second-order valence-corrected chi connectivity index (χ2v) is 6.96. The van der Waals surface area contributed by atoms with E-state index in [1.54, 1.807) is 0 Å². The van der Waals surface area contributed by atoms with Crippen molar-refractivity contribution in [1.82, 2.24) is 4.90 Å². The van der Waals surface area contributed by atoms with Crippen LogP contribution < -0.4 is 0 Å². The van der Waals surface area contributed by atoms with Gasteiger partial charge in [-0.05, 0) is 66.9 Å². The lowest BCUT2D eigenvalue weighted by atomic mass is 9.59. The molecule has 20 heavy (non-hydrogen) atoms. The third kappa shape index (κ3) is 2.05. The molecule has 3 rings (SSSR count). The van der Waals surface area contributed by atoms with Gasteiger partial charge in [0.1, 0.15) is 5.75 Å². The van der Waals surface area contributed by atoms with Crippen LogP contribution in [0.4, 0.5) is 0 Å². The number of nitrogens with zero attached hydrogens (tertiary/aromatic N) is 1. The number of phenolic OH excluding ortho intramolecular Hbond substituents is 1. The van der Waals surface area contributed by atoms with E-state index in [1.807, 2.05) is 12.1 Å². The van der Waals surface area contributed by atoms with Crippen LogP contribution in [0.15, 0.2) is 18.2 Å². The fourth-order valence-corrected chi connectivity index (χ4v) is 4.33. The summed E-state index contributed by atoms with van der Waals surface area (Å²) >= 11 is 0. The van der Waals surface area contributed by atoms with Gasteiger partial charge in [-0.1, -0.05) is 33.3 Å². The first-order chi connectivity index (χ1) is 9.56. The Morgan fingerprint density at radius 2 is 2.20 bits per heavy atom. The number of likely N-dealkylation sites (tertiary alicyclic amines) is 1. The molecule has 0 aromatic heterocycles. The number of piperidine rings is 1. The SMILES string of the molecule is CCCCN1CC[C@@]2(C)c3cc(O)ccc3C[C@@H]1[C@H]2C. The van der Waals surface area contributed by atoms with E-state index < -0.39 is 0 Å². The molecule has 1 aliphatic heterocycles. The van der Waals surface area contributed by atoms with Gasteiger partial charge in [-0.15, -0.1) is 0 Å². The highest BCUT2D eigenvalue weighted by molar-refractivity contribution is 5.44. The van der Waals surface area contributed by atoms with Crippen molar-refractivity contribution in [3.05, 3.63) is 29.3 Å². The molecule has 0 radical (unpaired) electrons. The van der Waals surface area contributed by atoms with Crippen LogP contribution in [-0.4, -0.2) is 29.1 Å². The van der Waals surface area contributed by atoms with Crippen LogP contribution in [0.3, 0.4) is 0 Å². The van der Waals surface area contributed by atoms with E-state index in [0.29, 0.717) is 17.7 Å². The first kappa shape index (κ1) is 13.9. The monoisotopic (exact) mass is 273 g/mol. The van der Waals surface area contributed by atoms with Gasteiger partial charge in [0.2, 0.25) is 0 Å². The molecule has 0 saturated carbocycles. The average Bonchev–Trinajstić information content (AvgIpc) is 2.43. The van der Waals surface area contributed by atoms with E-state index in [2.05, 4.69) is 31.7 Å². The summed E-state index contributed by atoms with van der Waals surface area (Å²) in [7, 11) is 0. The van der Waals surface area contributed by atoms with Crippen molar-refractivity contribution < 1.29 is 5.11 Å². The van der Waals surface area contributed by atoms with Crippen molar-refractivity contribution in [2.24, 2.45) is 5.92 Å². The molecule has 2 heteroatoms. The van der Waals surface area contributed by atoms with E-state index >= 15 is 0 Å². The predicted molar refractivity (Wildman–Crippen MR) is 83.2 cm³/mol. The molecule has 0 unspecified atom stereocenters. The summed E-state index contributed by atoms with van der Waals surface area (Å²) < 4.78 is 0. The van der Waals surface area contributed by atoms with Gasteiger partial charge in [0, 0.05) is 6.04 Å². The van der Waals surface area contributed by atoms with Crippen LogP contribution in [0.2, 0.25) is 0 Å². The Hall–Kier alpha value is -1.02. The Morgan fingerprint density at radius 3 is 2.95 bits per heavy atom. The molecule has 110 valence electrons. The summed E-state index contributed by atoms with van der Waals surface area (Å²) in [5.41, 5.74) is 3.09. The van der Waals surface area contributed by atoms with Gasteiger partial charge < -0.3 is 5.11 Å². The normalized spacial score (nSPS) is 33.0. The van der Waals surface area contributed by atoms with E-state index in [-0.39, 0.29) is 5.41 Å². The minimum Gasteiger partial charge on any atom is -0.508 e. The number of phenols is 1. The minimum atomic E-state index is 0.236. The molecule has 1 aliphatic carbocycles. The van der Waals surface area contributed by atoms with Crippen molar-refractivity contribution in [3.8, 4) is 5.75 Å². The highest BCUT2D eigenvalue weighted by atomic mass is 16.3. The zero-order valence-electron chi connectivity index (χ0n) is 13.0. The summed E-state index contributed by atoms with van der Waals surface area (Å²) in [6, 6.07) is 6.69. The van der Waals surface area contributed by atoms with Crippen LogP contribution in [0.25, 0.3) is 0 Å². The first-order valence-electron chi connectivity index (χ1n) is 8.12. The molecule has 1 aromatic rings. The van der Waals surface area contributed by atoms with Crippen LogP contribution >= 0.6 is 0 Å². The fraction of sp³-hybridized carbons (Fsp3) is 0.667. The van der Waals surface area contributed by atoms with Gasteiger partial charge in [0.05, 0.1) is 0 Å². The molecule has 1 aromatic carbocycles. The fourth-order valence-electron chi connectivity index (χ4n) is 4.33. The first-order valence-corrected chi connectivity index (χ1v) is 8.12. The maximum Gasteiger partial charge on any atom is 0.115 e. The van der Waals surface area contributed by atoms with Crippen molar-refractivity contribution in [2.45, 2.75) is 57.9 Å². The van der Waals surface area contributed by atoms with E-state index in [0.717, 1.165) is 6.42 Å². The lowest BCUT2D eigenvalue weighted by molar-refractivity contribution is 0.0306. The van der Waals surface area contributed by atoms with Crippen LogP contribution in [0, 0.1) is 5.92 Å². The van der Waals surface area contributed by atoms with Gasteiger partial charge >= 0.3 is 0 Å². The topological polar surface area (TPSA) is 23.5 Å². The predicted octanol–water partition coefficient (Wildman–Crippen LogP) is 3.72. The van der Waals surface area contributed by atoms with Crippen LogP contribution in [-0.2, 0) is 11.8 Å². The molecule has 1 fully saturated rings. The van der Waals surface area contributed by atoms with Crippen molar-refractivity contribution >= 4 is 0 Å². The standard InChI is InChI=1S/C18H27NO/c1-4-5-9-19-10-8-18(3)13(2)17(19)11-14-6-7-15(20)12-16(14)18/h6-7,12-13,17,20H,4-5,8-11H2,1-3H3/t13-,17-,18-/m1/s1. The van der Waals surface area contributed by atoms with Crippen molar-refractivity contribution in [1.29, 1.82) is 0 Å². The van der Waals surface area contributed by atoms with Gasteiger partial charge in [0.25, 0.3) is 0 Å². The molecule has 2 bridgehead atoms. The number of unbranched alkanes of at least 4 members (excludes halogenated alkanes) is 1. The molecule has 1 saturated heterocycles. The lowest BCUT2D eigenvalue weighted by Crippen LogP contribution is -2.58. The number of benzene rings is 1. The Kier molecular flexibility index (Phi) is 3.53. The molecule has 0 amide bonds. The number of aromatic hydroxyl groups is 1. The third-order valence-corrected chi connectivity index (χ3v) is 5.91. The molecule has 2 aliphatic rings. The zero-order chi connectivity index (χ0) is 14.3. The smallest absolute Gasteiger partial charge is 0.115 e. The molecule has 3 atom stereocenters. The highest BCUT2D eigenvalue weighted by Gasteiger charge is 2.48. The van der Waals surface area contributed by atoms with Gasteiger partial charge in [-0.2, -0.15) is 0 Å². The molecule has 1 heterocycles. The lowest BCUT2D eigenvalue weighted by Gasteiger charge is -2.54. The minimum absolute atomic E-state index is 0.236. The Labute approximate surface area is 122 Å². The second-order valence-electron chi connectivity index (χ2n) is 6.96. The second kappa shape index (κ2) is 5.07. The molecule has 2 nitrogen and oxygen atoms in total. The number of hydrogen-bond acceptors (Lipinski definition) is 2. The summed E-state index contributed by atoms with van der Waals surface area (Å²) in [5.74, 6) is 1.09. The largest absolute Gasteiger partial charge is 0.508 e. The van der Waals surface area contributed by atoms with E-state index in [4.69, 9.17) is 0 Å². The molecule has 0 spiro atoms. The Morgan fingerprint density at radius 1 is 1.40 bits per heavy atom.